The van der Waals surface area contributed by atoms with Crippen molar-refractivity contribution in [2.45, 2.75) is 6.42 Å². The minimum atomic E-state index is 0.209. The van der Waals surface area contributed by atoms with Crippen LogP contribution < -0.4 is 14.4 Å². The molecule has 1 aromatic carbocycles. The number of likely N-dealkylation sites (N-methyl/N-ethyl adjacent to an activating group) is 1. The molecule has 0 spiro atoms. The van der Waals surface area contributed by atoms with Gasteiger partial charge in [0.1, 0.15) is 11.7 Å². The summed E-state index contributed by atoms with van der Waals surface area (Å²) in [6, 6.07) is 10.1. The number of nitriles is 1. The van der Waals surface area contributed by atoms with E-state index in [-0.39, 0.29) is 6.79 Å². The van der Waals surface area contributed by atoms with E-state index in [1.54, 1.807) is 0 Å². The molecule has 0 unspecified atom stereocenters. The standard InChI is InChI=1S/C22H20N6O2/c1-26-5-2-6-27(8-7-26)17-3-4-24-22-15(17)9-14(12-23)21-25-16-10-19-20(30-13-29-19)11-18(16)28(21)22/h3-4,9-11H,2,5-8,13H2,1H3. The zero-order chi connectivity index (χ0) is 20.2. The Morgan fingerprint density at radius 1 is 1.03 bits per heavy atom. The number of nitrogens with zero attached hydrogens (tertiary/aromatic N) is 6. The van der Waals surface area contributed by atoms with Gasteiger partial charge in [-0.15, -0.1) is 0 Å². The maximum atomic E-state index is 9.87. The third-order valence-corrected chi connectivity index (χ3v) is 6.02. The van der Waals surface area contributed by atoms with Crippen LogP contribution in [0.3, 0.4) is 0 Å². The van der Waals surface area contributed by atoms with Gasteiger partial charge in [-0.25, -0.2) is 9.97 Å². The van der Waals surface area contributed by atoms with E-state index in [9.17, 15) is 5.26 Å². The smallest absolute Gasteiger partial charge is 0.231 e. The van der Waals surface area contributed by atoms with Crippen LogP contribution in [0, 0.1) is 11.3 Å². The van der Waals surface area contributed by atoms with Gasteiger partial charge in [0.2, 0.25) is 6.79 Å². The molecule has 2 aliphatic heterocycles. The van der Waals surface area contributed by atoms with E-state index in [1.165, 1.54) is 0 Å². The van der Waals surface area contributed by atoms with Crippen molar-refractivity contribution in [2.75, 3.05) is 44.9 Å². The fraction of sp³-hybridized carbons (Fsp3) is 0.318. The fourth-order valence-corrected chi connectivity index (χ4v) is 4.49. The lowest BCUT2D eigenvalue weighted by Crippen LogP contribution is -2.29. The van der Waals surface area contributed by atoms with Crippen LogP contribution in [0.25, 0.3) is 27.7 Å². The number of hydrogen-bond donors (Lipinski definition) is 0. The Bertz CT molecular complexity index is 1360. The van der Waals surface area contributed by atoms with E-state index in [0.29, 0.717) is 22.7 Å². The van der Waals surface area contributed by atoms with Gasteiger partial charge in [0, 0.05) is 49.0 Å². The lowest BCUT2D eigenvalue weighted by molar-refractivity contribution is 0.174. The summed E-state index contributed by atoms with van der Waals surface area (Å²) in [4.78, 5) is 14.2. The number of fused-ring (bicyclic) bond motifs is 6. The Hall–Kier alpha value is -3.57. The van der Waals surface area contributed by atoms with E-state index in [1.807, 2.05) is 28.8 Å². The summed E-state index contributed by atoms with van der Waals surface area (Å²) in [6.45, 7) is 4.23. The molecule has 0 amide bonds. The Morgan fingerprint density at radius 3 is 2.77 bits per heavy atom. The Balaban J connectivity index is 1.65. The number of anilines is 1. The van der Waals surface area contributed by atoms with Crippen LogP contribution in [-0.4, -0.2) is 59.3 Å². The van der Waals surface area contributed by atoms with Crippen molar-refractivity contribution in [1.29, 1.82) is 5.26 Å². The molecule has 8 nitrogen and oxygen atoms in total. The largest absolute Gasteiger partial charge is 0.454 e. The van der Waals surface area contributed by atoms with Crippen LogP contribution in [0.4, 0.5) is 5.69 Å². The first kappa shape index (κ1) is 17.3. The summed E-state index contributed by atoms with van der Waals surface area (Å²) in [7, 11) is 2.16. The van der Waals surface area contributed by atoms with Crippen LogP contribution in [0.5, 0.6) is 11.5 Å². The van der Waals surface area contributed by atoms with E-state index in [2.05, 4.69) is 29.0 Å². The summed E-state index contributed by atoms with van der Waals surface area (Å²) < 4.78 is 13.0. The van der Waals surface area contributed by atoms with Crippen LogP contribution in [0.1, 0.15) is 12.0 Å². The third kappa shape index (κ3) is 2.49. The summed E-state index contributed by atoms with van der Waals surface area (Å²) in [5, 5.41) is 10.8. The second-order valence-corrected chi connectivity index (χ2v) is 7.85. The van der Waals surface area contributed by atoms with Crippen molar-refractivity contribution in [1.82, 2.24) is 19.3 Å². The van der Waals surface area contributed by atoms with Gasteiger partial charge in [-0.2, -0.15) is 5.26 Å². The van der Waals surface area contributed by atoms with Gasteiger partial charge in [-0.3, -0.25) is 4.40 Å². The summed E-state index contributed by atoms with van der Waals surface area (Å²) >= 11 is 0. The van der Waals surface area contributed by atoms with Crippen molar-refractivity contribution < 1.29 is 9.47 Å². The van der Waals surface area contributed by atoms with Crippen molar-refractivity contribution >= 4 is 33.4 Å². The second kappa shape index (κ2) is 6.47. The average Bonchev–Trinajstić information content (AvgIpc) is 3.30. The molecule has 0 N–H and O–H groups in total. The molecule has 0 atom stereocenters. The molecule has 0 radical (unpaired) electrons. The minimum absolute atomic E-state index is 0.209. The summed E-state index contributed by atoms with van der Waals surface area (Å²) in [5.41, 5.74) is 4.64. The van der Waals surface area contributed by atoms with Gasteiger partial charge in [-0.05, 0) is 32.1 Å². The van der Waals surface area contributed by atoms with Crippen LogP contribution in [0.15, 0.2) is 30.5 Å². The molecule has 1 saturated heterocycles. The van der Waals surface area contributed by atoms with Crippen molar-refractivity contribution in [3.05, 3.63) is 36.0 Å². The Morgan fingerprint density at radius 2 is 1.90 bits per heavy atom. The van der Waals surface area contributed by atoms with Crippen molar-refractivity contribution in [3.63, 3.8) is 0 Å². The van der Waals surface area contributed by atoms with Gasteiger partial charge in [-0.1, -0.05) is 0 Å². The Kier molecular flexibility index (Phi) is 3.73. The average molecular weight is 400 g/mol. The van der Waals surface area contributed by atoms with Gasteiger partial charge in [0.15, 0.2) is 17.1 Å². The zero-order valence-corrected chi connectivity index (χ0v) is 16.6. The molecule has 0 aliphatic carbocycles. The molecule has 5 heterocycles. The van der Waals surface area contributed by atoms with Crippen LogP contribution >= 0.6 is 0 Å². The topological polar surface area (TPSA) is 78.9 Å². The van der Waals surface area contributed by atoms with Crippen molar-refractivity contribution in [3.8, 4) is 17.6 Å². The molecule has 0 saturated carbocycles. The molecule has 8 heteroatoms. The van der Waals surface area contributed by atoms with Crippen LogP contribution in [-0.2, 0) is 0 Å². The Labute approximate surface area is 172 Å². The molecule has 0 bridgehead atoms. The number of aromatic nitrogens is 3. The van der Waals surface area contributed by atoms with Gasteiger partial charge < -0.3 is 19.3 Å². The van der Waals surface area contributed by atoms with Gasteiger partial charge in [0.05, 0.1) is 16.6 Å². The molecular weight excluding hydrogens is 380 g/mol. The van der Waals surface area contributed by atoms with Gasteiger partial charge >= 0.3 is 0 Å². The zero-order valence-electron chi connectivity index (χ0n) is 16.6. The number of benzene rings is 1. The van der Waals surface area contributed by atoms with E-state index < -0.39 is 0 Å². The molecule has 4 aromatic rings. The number of hydrogen-bond acceptors (Lipinski definition) is 7. The molecule has 6 rings (SSSR count). The maximum Gasteiger partial charge on any atom is 0.231 e. The fourth-order valence-electron chi connectivity index (χ4n) is 4.49. The summed E-state index contributed by atoms with van der Waals surface area (Å²) in [5.74, 6) is 1.36. The number of imidazole rings is 1. The monoisotopic (exact) mass is 400 g/mol. The molecule has 30 heavy (non-hydrogen) atoms. The van der Waals surface area contributed by atoms with Gasteiger partial charge in [0.25, 0.3) is 0 Å². The molecule has 1 fully saturated rings. The highest BCUT2D eigenvalue weighted by molar-refractivity contribution is 5.97. The highest BCUT2D eigenvalue weighted by atomic mass is 16.7. The van der Waals surface area contributed by atoms with Crippen LogP contribution in [0.2, 0.25) is 0 Å². The summed E-state index contributed by atoms with van der Waals surface area (Å²) in [6.07, 6.45) is 2.95. The van der Waals surface area contributed by atoms with Crippen molar-refractivity contribution in [2.24, 2.45) is 0 Å². The predicted octanol–water partition coefficient (Wildman–Crippen LogP) is 2.78. The third-order valence-electron chi connectivity index (χ3n) is 6.02. The lowest BCUT2D eigenvalue weighted by Gasteiger charge is -2.24. The van der Waals surface area contributed by atoms with E-state index in [4.69, 9.17) is 19.4 Å². The number of pyridine rings is 2. The maximum absolute atomic E-state index is 9.87. The van der Waals surface area contributed by atoms with E-state index in [0.717, 1.165) is 60.4 Å². The highest BCUT2D eigenvalue weighted by Gasteiger charge is 2.22. The molecular formula is C22H20N6O2. The molecule has 2 aliphatic rings. The molecule has 3 aromatic heterocycles. The first-order valence-electron chi connectivity index (χ1n) is 10.1. The predicted molar refractivity (Wildman–Crippen MR) is 113 cm³/mol. The normalized spacial score (nSPS) is 17.0. The minimum Gasteiger partial charge on any atom is -0.454 e. The quantitative estimate of drug-likeness (QED) is 0.486. The number of rotatable bonds is 1. The second-order valence-electron chi connectivity index (χ2n) is 7.85. The lowest BCUT2D eigenvalue weighted by atomic mass is 10.1. The SMILES string of the molecule is CN1CCCN(c2ccnc3c2cc(C#N)c2nc4cc5c(cc4n23)OCO5)CC1. The molecule has 150 valence electrons. The van der Waals surface area contributed by atoms with E-state index >= 15 is 0 Å². The number of ether oxygens (including phenoxy) is 2. The first-order valence-corrected chi connectivity index (χ1v) is 10.1. The highest BCUT2D eigenvalue weighted by Crippen LogP contribution is 2.38. The first-order chi connectivity index (χ1) is 14.7.